The zero-order valence-corrected chi connectivity index (χ0v) is 17.5. The lowest BCUT2D eigenvalue weighted by molar-refractivity contribution is -0.139. The maximum absolute atomic E-state index is 12.7. The van der Waals surface area contributed by atoms with Crippen LogP contribution < -0.4 is 16.0 Å². The van der Waals surface area contributed by atoms with Crippen molar-refractivity contribution in [3.05, 3.63) is 36.0 Å². The Kier molecular flexibility index (Phi) is 7.51. The predicted molar refractivity (Wildman–Crippen MR) is 112 cm³/mol. The average Bonchev–Trinajstić information content (AvgIpc) is 3.12. The van der Waals surface area contributed by atoms with Gasteiger partial charge in [0.1, 0.15) is 18.0 Å². The third-order valence-electron chi connectivity index (χ3n) is 4.51. The maximum Gasteiger partial charge on any atom is 0.305 e. The van der Waals surface area contributed by atoms with Gasteiger partial charge in [0, 0.05) is 10.9 Å². The van der Waals surface area contributed by atoms with E-state index in [2.05, 4.69) is 20.9 Å². The third-order valence-corrected chi connectivity index (χ3v) is 4.51. The molecule has 3 amide bonds. The largest absolute Gasteiger partial charge is 0.481 e. The van der Waals surface area contributed by atoms with Gasteiger partial charge in [0.2, 0.25) is 11.8 Å². The summed E-state index contributed by atoms with van der Waals surface area (Å²) in [4.78, 5) is 61.9. The predicted octanol–water partition coefficient (Wildman–Crippen LogP) is 0.587. The number of aliphatic carboxylic acids is 1. The summed E-state index contributed by atoms with van der Waals surface area (Å²) in [5, 5.41) is 16.9. The van der Waals surface area contributed by atoms with E-state index >= 15 is 0 Å². The number of carboxylic acids is 1. The van der Waals surface area contributed by atoms with Gasteiger partial charge in [-0.1, -0.05) is 39.0 Å². The van der Waals surface area contributed by atoms with Crippen LogP contribution in [0.4, 0.5) is 0 Å². The molecule has 2 rings (SSSR count). The monoisotopic (exact) mass is 430 g/mol. The number of rotatable bonds is 9. The number of aromatic amines is 1. The standard InChI is InChI=1S/C21H26N4O6/c1-21(2,3)18(20(31)22-10-16(27)23-13(11-26)9-17(28)29)25-19(30)15-8-12-6-4-5-7-14(12)24-15/h4-8,11,13,18,24H,9-10H2,1-3H3,(H,22,31)(H,23,27)(H,25,30)(H,28,29). The summed E-state index contributed by atoms with van der Waals surface area (Å²) in [5.74, 6) is -3.03. The molecule has 10 heteroatoms. The molecule has 10 nitrogen and oxygen atoms in total. The van der Waals surface area contributed by atoms with E-state index in [1.54, 1.807) is 26.8 Å². The van der Waals surface area contributed by atoms with E-state index in [9.17, 15) is 24.0 Å². The van der Waals surface area contributed by atoms with Gasteiger partial charge in [-0.3, -0.25) is 19.2 Å². The molecule has 0 saturated heterocycles. The van der Waals surface area contributed by atoms with Crippen LogP contribution in [0.2, 0.25) is 0 Å². The first-order valence-electron chi connectivity index (χ1n) is 9.64. The molecule has 1 heterocycles. The summed E-state index contributed by atoms with van der Waals surface area (Å²) in [6, 6.07) is 6.89. The highest BCUT2D eigenvalue weighted by Crippen LogP contribution is 2.21. The zero-order valence-electron chi connectivity index (χ0n) is 17.5. The van der Waals surface area contributed by atoms with Gasteiger partial charge in [-0.25, -0.2) is 0 Å². The summed E-state index contributed by atoms with van der Waals surface area (Å²) < 4.78 is 0. The molecule has 5 N–H and O–H groups in total. The van der Waals surface area contributed by atoms with Crippen LogP contribution in [0.25, 0.3) is 10.9 Å². The van der Waals surface area contributed by atoms with Crippen molar-refractivity contribution in [1.82, 2.24) is 20.9 Å². The third kappa shape index (κ3) is 6.66. The van der Waals surface area contributed by atoms with Crippen LogP contribution in [-0.4, -0.2) is 58.7 Å². The lowest BCUT2D eigenvalue weighted by Crippen LogP contribution is -2.55. The lowest BCUT2D eigenvalue weighted by Gasteiger charge is -2.30. The van der Waals surface area contributed by atoms with Gasteiger partial charge in [0.15, 0.2) is 0 Å². The second kappa shape index (κ2) is 9.88. The summed E-state index contributed by atoms with van der Waals surface area (Å²) >= 11 is 0. The van der Waals surface area contributed by atoms with E-state index < -0.39 is 54.2 Å². The molecule has 2 atom stereocenters. The molecule has 1 aromatic heterocycles. The first-order valence-corrected chi connectivity index (χ1v) is 9.64. The van der Waals surface area contributed by atoms with Gasteiger partial charge in [0.25, 0.3) is 5.91 Å². The highest BCUT2D eigenvalue weighted by atomic mass is 16.4. The lowest BCUT2D eigenvalue weighted by atomic mass is 9.86. The van der Waals surface area contributed by atoms with Crippen LogP contribution in [0, 0.1) is 5.41 Å². The molecule has 0 spiro atoms. The molecule has 0 bridgehead atoms. The fraction of sp³-hybridized carbons (Fsp3) is 0.381. The quantitative estimate of drug-likeness (QED) is 0.366. The summed E-state index contributed by atoms with van der Waals surface area (Å²) in [6.45, 7) is 4.81. The minimum Gasteiger partial charge on any atom is -0.481 e. The second-order valence-corrected chi connectivity index (χ2v) is 8.17. The Morgan fingerprint density at radius 3 is 2.39 bits per heavy atom. The first-order chi connectivity index (χ1) is 14.5. The summed E-state index contributed by atoms with van der Waals surface area (Å²) in [6.07, 6.45) is -0.249. The van der Waals surface area contributed by atoms with Crippen molar-refractivity contribution in [2.75, 3.05) is 6.54 Å². The van der Waals surface area contributed by atoms with E-state index in [1.807, 2.05) is 24.3 Å². The number of benzene rings is 1. The van der Waals surface area contributed by atoms with Crippen LogP contribution >= 0.6 is 0 Å². The molecule has 2 unspecified atom stereocenters. The number of H-pyrrole nitrogens is 1. The molecule has 0 aliphatic rings. The van der Waals surface area contributed by atoms with Crippen LogP contribution in [0.5, 0.6) is 0 Å². The normalized spacial score (nSPS) is 13.1. The zero-order chi connectivity index (χ0) is 23.2. The number of nitrogens with one attached hydrogen (secondary N) is 4. The van der Waals surface area contributed by atoms with Crippen LogP contribution in [0.3, 0.4) is 0 Å². The van der Waals surface area contributed by atoms with E-state index in [0.29, 0.717) is 12.0 Å². The van der Waals surface area contributed by atoms with E-state index in [4.69, 9.17) is 5.11 Å². The van der Waals surface area contributed by atoms with Gasteiger partial charge in [-0.2, -0.15) is 0 Å². The molecule has 0 aliphatic carbocycles. The van der Waals surface area contributed by atoms with Crippen molar-refractivity contribution in [3.8, 4) is 0 Å². The number of carbonyl (C=O) groups is 5. The topological polar surface area (TPSA) is 157 Å². The van der Waals surface area contributed by atoms with Crippen LogP contribution in [-0.2, 0) is 19.2 Å². The Balaban J connectivity index is 2.02. The Labute approximate surface area is 178 Å². The molecule has 0 fully saturated rings. The van der Waals surface area contributed by atoms with Gasteiger partial charge < -0.3 is 30.8 Å². The van der Waals surface area contributed by atoms with Crippen molar-refractivity contribution in [2.45, 2.75) is 39.3 Å². The van der Waals surface area contributed by atoms with Crippen molar-refractivity contribution in [3.63, 3.8) is 0 Å². The Morgan fingerprint density at radius 1 is 1.13 bits per heavy atom. The number of carboxylic acid groups (broad SMARTS) is 1. The molecule has 166 valence electrons. The fourth-order valence-corrected chi connectivity index (χ4v) is 2.93. The molecule has 1 aromatic carbocycles. The summed E-state index contributed by atoms with van der Waals surface area (Å²) in [7, 11) is 0. The van der Waals surface area contributed by atoms with Gasteiger partial charge >= 0.3 is 5.97 Å². The minimum absolute atomic E-state index is 0.295. The Hall–Kier alpha value is -3.69. The fourth-order valence-electron chi connectivity index (χ4n) is 2.93. The number of aldehydes is 1. The molecule has 2 aromatic rings. The van der Waals surface area contributed by atoms with Gasteiger partial charge in [-0.05, 0) is 17.5 Å². The smallest absolute Gasteiger partial charge is 0.305 e. The molecule has 0 saturated carbocycles. The maximum atomic E-state index is 12.7. The number of carbonyl (C=O) groups excluding carboxylic acids is 4. The number of hydrogen-bond donors (Lipinski definition) is 5. The number of fused-ring (bicyclic) bond motifs is 1. The van der Waals surface area contributed by atoms with E-state index in [0.717, 1.165) is 10.9 Å². The van der Waals surface area contributed by atoms with Crippen molar-refractivity contribution < 1.29 is 29.1 Å². The van der Waals surface area contributed by atoms with Gasteiger partial charge in [-0.15, -0.1) is 0 Å². The minimum atomic E-state index is -1.24. The molecular formula is C21H26N4O6. The SMILES string of the molecule is CC(C)(C)C(NC(=O)c1cc2ccccc2[nH]1)C(=O)NCC(=O)NC(C=O)CC(=O)O. The first kappa shape index (κ1) is 23.6. The van der Waals surface area contributed by atoms with E-state index in [-0.39, 0.29) is 0 Å². The average molecular weight is 430 g/mol. The molecule has 31 heavy (non-hydrogen) atoms. The van der Waals surface area contributed by atoms with Crippen molar-refractivity contribution >= 4 is 40.9 Å². The van der Waals surface area contributed by atoms with E-state index in [1.165, 1.54) is 0 Å². The summed E-state index contributed by atoms with van der Waals surface area (Å²) in [5.41, 5.74) is 0.410. The highest BCUT2D eigenvalue weighted by Gasteiger charge is 2.33. The molecule has 0 aliphatic heterocycles. The second-order valence-electron chi connectivity index (χ2n) is 8.17. The van der Waals surface area contributed by atoms with Crippen LogP contribution in [0.1, 0.15) is 37.7 Å². The molecule has 0 radical (unpaired) electrons. The number of hydrogen-bond acceptors (Lipinski definition) is 5. The Morgan fingerprint density at radius 2 is 1.81 bits per heavy atom. The van der Waals surface area contributed by atoms with Gasteiger partial charge in [0.05, 0.1) is 19.0 Å². The number of aromatic nitrogens is 1. The molecular weight excluding hydrogens is 404 g/mol. The van der Waals surface area contributed by atoms with Crippen molar-refractivity contribution in [1.29, 1.82) is 0 Å². The van der Waals surface area contributed by atoms with Crippen LogP contribution in [0.15, 0.2) is 30.3 Å². The number of amides is 3. The Bertz CT molecular complexity index is 958. The van der Waals surface area contributed by atoms with Crippen molar-refractivity contribution in [2.24, 2.45) is 5.41 Å². The highest BCUT2D eigenvalue weighted by molar-refractivity contribution is 6.00. The number of para-hydroxylation sites is 1.